The van der Waals surface area contributed by atoms with Crippen LogP contribution in [0.15, 0.2) is 24.3 Å². The van der Waals surface area contributed by atoms with Gasteiger partial charge in [-0.1, -0.05) is 0 Å². The van der Waals surface area contributed by atoms with Crippen molar-refractivity contribution in [3.05, 3.63) is 34.4 Å². The third-order valence-electron chi connectivity index (χ3n) is 1.61. The van der Waals surface area contributed by atoms with Gasteiger partial charge in [0.05, 0.1) is 18.1 Å². The van der Waals surface area contributed by atoms with E-state index in [9.17, 15) is 14.7 Å². The van der Waals surface area contributed by atoms with E-state index in [1.54, 1.807) is 0 Å². The van der Waals surface area contributed by atoms with Gasteiger partial charge in [0, 0.05) is 12.1 Å². The number of nitro benzene ring substituents is 1. The highest BCUT2D eigenvalue weighted by Crippen LogP contribution is 2.43. The molecule has 0 saturated heterocycles. The van der Waals surface area contributed by atoms with Crippen LogP contribution >= 0.6 is 7.82 Å². The first-order valence-corrected chi connectivity index (χ1v) is 5.96. The van der Waals surface area contributed by atoms with E-state index in [0.717, 1.165) is 12.1 Å². The Bertz CT molecular complexity index is 432. The van der Waals surface area contributed by atoms with Crippen molar-refractivity contribution < 1.29 is 28.5 Å². The predicted octanol–water partition coefficient (Wildman–Crippen LogP) is 1.08. The highest BCUT2D eigenvalue weighted by molar-refractivity contribution is 7.47. The lowest BCUT2D eigenvalue weighted by Gasteiger charge is -2.11. The molecule has 0 aromatic heterocycles. The lowest BCUT2D eigenvalue weighted by Crippen LogP contribution is -2.01. The smallest absolute Gasteiger partial charge is 0.404 e. The molecule has 0 aliphatic heterocycles. The van der Waals surface area contributed by atoms with E-state index in [4.69, 9.17) is 10.00 Å². The fourth-order valence-electron chi connectivity index (χ4n) is 0.944. The summed E-state index contributed by atoms with van der Waals surface area (Å²) in [6.45, 7) is -0.769. The van der Waals surface area contributed by atoms with Crippen molar-refractivity contribution in [2.24, 2.45) is 0 Å². The minimum atomic E-state index is -4.30. The number of nitro groups is 1. The number of benzene rings is 1. The van der Waals surface area contributed by atoms with Gasteiger partial charge in [0.15, 0.2) is 0 Å². The summed E-state index contributed by atoms with van der Waals surface area (Å²) in [6.07, 6.45) is 0. The zero-order chi connectivity index (χ0) is 12.9. The number of non-ortho nitro benzene ring substituents is 1. The van der Waals surface area contributed by atoms with Gasteiger partial charge in [-0.25, -0.2) is 4.57 Å². The van der Waals surface area contributed by atoms with Gasteiger partial charge in [0.2, 0.25) is 0 Å². The molecule has 0 aliphatic carbocycles. The fourth-order valence-corrected chi connectivity index (χ4v) is 1.70. The minimum absolute atomic E-state index is 0.0422. The van der Waals surface area contributed by atoms with Crippen molar-refractivity contribution in [3.63, 3.8) is 0 Å². The number of rotatable bonds is 6. The first-order chi connectivity index (χ1) is 7.94. The first kappa shape index (κ1) is 13.6. The second-order valence-electron chi connectivity index (χ2n) is 2.87. The Morgan fingerprint density at radius 2 is 1.94 bits per heavy atom. The van der Waals surface area contributed by atoms with Crippen molar-refractivity contribution in [2.75, 3.05) is 13.2 Å². The summed E-state index contributed by atoms with van der Waals surface area (Å²) in [4.78, 5) is 18.9. The lowest BCUT2D eigenvalue weighted by atomic mass is 10.3. The molecule has 1 atom stereocenters. The van der Waals surface area contributed by atoms with Gasteiger partial charge in [0.1, 0.15) is 5.75 Å². The van der Waals surface area contributed by atoms with Gasteiger partial charge < -0.3 is 9.63 Å². The van der Waals surface area contributed by atoms with Crippen LogP contribution in [0, 0.1) is 10.1 Å². The summed E-state index contributed by atoms with van der Waals surface area (Å²) in [5, 5.41) is 18.8. The molecule has 94 valence electrons. The Hall–Kier alpha value is -1.47. The lowest BCUT2D eigenvalue weighted by molar-refractivity contribution is -0.384. The van der Waals surface area contributed by atoms with Crippen LogP contribution < -0.4 is 4.52 Å². The van der Waals surface area contributed by atoms with Crippen LogP contribution in [-0.2, 0) is 9.09 Å². The van der Waals surface area contributed by atoms with Gasteiger partial charge in [-0.3, -0.25) is 19.5 Å². The largest absolute Gasteiger partial charge is 0.527 e. The molecule has 0 aliphatic rings. The highest BCUT2D eigenvalue weighted by atomic mass is 31.2. The quantitative estimate of drug-likeness (QED) is 0.447. The third kappa shape index (κ3) is 4.49. The number of phosphoric ester groups is 1. The Morgan fingerprint density at radius 1 is 1.35 bits per heavy atom. The molecule has 0 fully saturated rings. The monoisotopic (exact) mass is 263 g/mol. The molecule has 9 heteroatoms. The normalized spacial score (nSPS) is 14.0. The summed E-state index contributed by atoms with van der Waals surface area (Å²) in [6, 6.07) is 4.59. The molecule has 1 aromatic carbocycles. The van der Waals surface area contributed by atoms with Crippen molar-refractivity contribution >= 4 is 13.5 Å². The van der Waals surface area contributed by atoms with Gasteiger partial charge >= 0.3 is 7.82 Å². The van der Waals surface area contributed by atoms with Gasteiger partial charge in [0.25, 0.3) is 5.69 Å². The van der Waals surface area contributed by atoms with E-state index in [2.05, 4.69) is 9.05 Å². The molecule has 0 bridgehead atoms. The number of phosphoric acid groups is 1. The molecule has 0 heterocycles. The average molecular weight is 263 g/mol. The van der Waals surface area contributed by atoms with E-state index in [1.165, 1.54) is 12.1 Å². The highest BCUT2D eigenvalue weighted by Gasteiger charge is 2.22. The van der Waals surface area contributed by atoms with Crippen LogP contribution in [0.25, 0.3) is 0 Å². The number of nitrogens with zero attached hydrogens (tertiary/aromatic N) is 1. The molecule has 1 rings (SSSR count). The Balaban J connectivity index is 2.68. The molecular weight excluding hydrogens is 253 g/mol. The predicted molar refractivity (Wildman–Crippen MR) is 56.6 cm³/mol. The third-order valence-corrected chi connectivity index (χ3v) is 2.56. The SMILES string of the molecule is O=[N+]([O-])c1ccc(OP(=O)(O)OCCO)cc1. The van der Waals surface area contributed by atoms with Crippen molar-refractivity contribution in [1.29, 1.82) is 0 Å². The van der Waals surface area contributed by atoms with Crippen LogP contribution in [0.4, 0.5) is 5.69 Å². The number of hydrogen-bond donors (Lipinski definition) is 2. The number of aliphatic hydroxyl groups is 1. The zero-order valence-electron chi connectivity index (χ0n) is 8.55. The van der Waals surface area contributed by atoms with E-state index in [-0.39, 0.29) is 18.0 Å². The fraction of sp³-hybridized carbons (Fsp3) is 0.250. The standard InChI is InChI=1S/C8H10NO7P/c10-5-6-15-17(13,14)16-8-3-1-7(2-4-8)9(11)12/h1-4,10H,5-6H2,(H,13,14). The maximum absolute atomic E-state index is 11.2. The number of hydrogen-bond acceptors (Lipinski definition) is 6. The summed E-state index contributed by atoms with van der Waals surface area (Å²) < 4.78 is 20.2. The second-order valence-corrected chi connectivity index (χ2v) is 4.25. The molecule has 2 N–H and O–H groups in total. The molecule has 0 spiro atoms. The van der Waals surface area contributed by atoms with Crippen molar-refractivity contribution in [1.82, 2.24) is 0 Å². The van der Waals surface area contributed by atoms with Gasteiger partial charge in [-0.2, -0.15) is 0 Å². The van der Waals surface area contributed by atoms with Crippen LogP contribution in [-0.4, -0.2) is 28.1 Å². The summed E-state index contributed by atoms with van der Waals surface area (Å²) >= 11 is 0. The Morgan fingerprint density at radius 3 is 2.41 bits per heavy atom. The number of aliphatic hydroxyl groups excluding tert-OH is 1. The van der Waals surface area contributed by atoms with Crippen molar-refractivity contribution in [3.8, 4) is 5.75 Å². The molecule has 17 heavy (non-hydrogen) atoms. The average Bonchev–Trinajstić information content (AvgIpc) is 2.26. The van der Waals surface area contributed by atoms with Crippen LogP contribution in [0.5, 0.6) is 5.75 Å². The molecule has 0 radical (unpaired) electrons. The van der Waals surface area contributed by atoms with Crippen molar-refractivity contribution in [2.45, 2.75) is 0 Å². The Kier molecular flexibility index (Phi) is 4.59. The molecule has 1 unspecified atom stereocenters. The van der Waals surface area contributed by atoms with E-state index < -0.39 is 19.4 Å². The first-order valence-electron chi connectivity index (χ1n) is 4.47. The van der Waals surface area contributed by atoms with Crippen LogP contribution in [0.2, 0.25) is 0 Å². The van der Waals surface area contributed by atoms with Crippen LogP contribution in [0.1, 0.15) is 0 Å². The molecule has 8 nitrogen and oxygen atoms in total. The summed E-state index contributed by atoms with van der Waals surface area (Å²) in [5.74, 6) is -0.0422. The molecule has 1 aromatic rings. The van der Waals surface area contributed by atoms with Gasteiger partial charge in [-0.05, 0) is 12.1 Å². The van der Waals surface area contributed by atoms with Crippen LogP contribution in [0.3, 0.4) is 0 Å². The zero-order valence-corrected chi connectivity index (χ0v) is 9.45. The molecule has 0 amide bonds. The second kappa shape index (κ2) is 5.74. The Labute approximate surface area is 96.2 Å². The minimum Gasteiger partial charge on any atom is -0.404 e. The van der Waals surface area contributed by atoms with E-state index >= 15 is 0 Å². The summed E-state index contributed by atoms with van der Waals surface area (Å²) in [7, 11) is -4.30. The molecular formula is C8H10NO7P. The maximum Gasteiger partial charge on any atom is 0.527 e. The topological polar surface area (TPSA) is 119 Å². The van der Waals surface area contributed by atoms with E-state index in [0.29, 0.717) is 0 Å². The summed E-state index contributed by atoms with van der Waals surface area (Å²) in [5.41, 5.74) is -0.165. The van der Waals surface area contributed by atoms with Gasteiger partial charge in [-0.15, -0.1) is 0 Å². The molecule has 0 saturated carbocycles. The maximum atomic E-state index is 11.2. The van der Waals surface area contributed by atoms with E-state index in [1.807, 2.05) is 0 Å².